The maximum Gasteiger partial charge on any atom is 0.00689 e. The van der Waals surface area contributed by atoms with Crippen molar-refractivity contribution < 1.29 is 0 Å². The normalized spacial score (nSPS) is 7.20. The van der Waals surface area contributed by atoms with Crippen LogP contribution in [0, 0.1) is 0 Å². The molecule has 0 atom stereocenters. The Morgan fingerprint density at radius 2 is 1.40 bits per heavy atom. The monoisotopic (exact) mass is 151 g/mol. The zero-order valence-electron chi connectivity index (χ0n) is 7.09. The van der Waals surface area contributed by atoms with E-state index in [0.29, 0.717) is 6.04 Å². The molecule has 0 aromatic carbocycles. The molecule has 0 rings (SSSR count). The van der Waals surface area contributed by atoms with Gasteiger partial charge >= 0.3 is 0 Å². The van der Waals surface area contributed by atoms with E-state index in [1.165, 1.54) is 0 Å². The van der Waals surface area contributed by atoms with Crippen LogP contribution in [-0.2, 0) is 0 Å². The Morgan fingerprint density at radius 3 is 1.40 bits per heavy atom. The van der Waals surface area contributed by atoms with Crippen LogP contribution in [-0.4, -0.2) is 12.6 Å². The first-order valence-corrected chi connectivity index (χ1v) is 3.17. The molecule has 0 radical (unpaired) electrons. The largest absolute Gasteiger partial charge is 0.328 e. The van der Waals surface area contributed by atoms with Crippen molar-refractivity contribution in [1.82, 2.24) is 5.43 Å². The summed E-state index contributed by atoms with van der Waals surface area (Å²) in [4.78, 5) is 0. The standard InChI is InChI=1S/C3H9N.C2H8N2.H4N2/c1-3(2)4;1-2-4-3;1-2/h3H,4H2,1-2H3;4H,2-3H2,1H3;1-2H2. The van der Waals surface area contributed by atoms with Crippen LogP contribution < -0.4 is 28.7 Å². The highest BCUT2D eigenvalue weighted by molar-refractivity contribution is 4.32. The highest BCUT2D eigenvalue weighted by Gasteiger charge is 1.67. The third-order valence-corrected chi connectivity index (χ3v) is 0.204. The first-order chi connectivity index (χ1) is 4.65. The lowest BCUT2D eigenvalue weighted by molar-refractivity contribution is 0.781. The molecular formula is C5H21N5. The molecule has 0 aromatic heterocycles. The summed E-state index contributed by atoms with van der Waals surface area (Å²) in [5.41, 5.74) is 7.54. The first-order valence-electron chi connectivity index (χ1n) is 3.17. The van der Waals surface area contributed by atoms with Crippen LogP contribution in [0.1, 0.15) is 20.8 Å². The van der Waals surface area contributed by atoms with Crippen molar-refractivity contribution in [3.8, 4) is 0 Å². The summed E-state index contributed by atoms with van der Waals surface area (Å²) in [7, 11) is 0. The molecule has 0 aliphatic carbocycles. The minimum atomic E-state index is 0.333. The smallest absolute Gasteiger partial charge is 0.00689 e. The van der Waals surface area contributed by atoms with E-state index >= 15 is 0 Å². The zero-order chi connectivity index (χ0) is 8.99. The quantitative estimate of drug-likeness (QED) is 0.234. The van der Waals surface area contributed by atoms with E-state index < -0.39 is 0 Å². The van der Waals surface area contributed by atoms with Crippen molar-refractivity contribution in [3.63, 3.8) is 0 Å². The van der Waals surface area contributed by atoms with Gasteiger partial charge in [0.25, 0.3) is 0 Å². The minimum Gasteiger partial charge on any atom is -0.328 e. The molecule has 0 unspecified atom stereocenters. The van der Waals surface area contributed by atoms with Gasteiger partial charge in [0, 0.05) is 6.54 Å². The number of rotatable bonds is 1. The van der Waals surface area contributed by atoms with Crippen LogP contribution in [0.15, 0.2) is 0 Å². The first kappa shape index (κ1) is 16.4. The molecule has 0 bridgehead atoms. The zero-order valence-corrected chi connectivity index (χ0v) is 7.09. The van der Waals surface area contributed by atoms with E-state index in [1.54, 1.807) is 0 Å². The van der Waals surface area contributed by atoms with Gasteiger partial charge in [-0.1, -0.05) is 20.8 Å². The van der Waals surface area contributed by atoms with Gasteiger partial charge in [-0.3, -0.25) is 23.0 Å². The fourth-order valence-corrected chi connectivity index (χ4v) is 0. The maximum absolute atomic E-state index is 5.11. The third-order valence-electron chi connectivity index (χ3n) is 0.204. The number of nitrogens with two attached hydrogens (primary N) is 4. The number of hydrogen-bond acceptors (Lipinski definition) is 5. The van der Waals surface area contributed by atoms with Crippen LogP contribution >= 0.6 is 0 Å². The summed E-state index contributed by atoms with van der Waals surface area (Å²) in [6.45, 7) is 6.68. The summed E-state index contributed by atoms with van der Waals surface area (Å²) >= 11 is 0. The fourth-order valence-electron chi connectivity index (χ4n) is 0. The van der Waals surface area contributed by atoms with Crippen LogP contribution in [0.25, 0.3) is 0 Å². The molecule has 0 aliphatic rings. The summed E-state index contributed by atoms with van der Waals surface area (Å²) in [5, 5.41) is 0. The number of nitrogens with one attached hydrogen (secondary N) is 1. The van der Waals surface area contributed by atoms with E-state index in [2.05, 4.69) is 17.1 Å². The average Bonchev–Trinajstić information content (AvgIpc) is 1.91. The van der Waals surface area contributed by atoms with E-state index in [9.17, 15) is 0 Å². The lowest BCUT2D eigenvalue weighted by Crippen LogP contribution is -2.20. The van der Waals surface area contributed by atoms with Crippen molar-refractivity contribution in [3.05, 3.63) is 0 Å². The Kier molecular flexibility index (Phi) is 38.1. The van der Waals surface area contributed by atoms with Gasteiger partial charge in [-0.25, -0.2) is 0 Å². The highest BCUT2D eigenvalue weighted by atomic mass is 15.2. The van der Waals surface area contributed by atoms with E-state index in [4.69, 9.17) is 11.6 Å². The molecule has 0 fully saturated rings. The lowest BCUT2D eigenvalue weighted by Gasteiger charge is -1.81. The van der Waals surface area contributed by atoms with Crippen molar-refractivity contribution in [2.45, 2.75) is 26.8 Å². The Balaban J connectivity index is -0.0000000787. The van der Waals surface area contributed by atoms with E-state index in [0.717, 1.165) is 6.54 Å². The van der Waals surface area contributed by atoms with Crippen LogP contribution in [0.5, 0.6) is 0 Å². The molecule has 0 saturated heterocycles. The van der Waals surface area contributed by atoms with Crippen molar-refractivity contribution in [2.75, 3.05) is 6.54 Å². The molecule has 0 amide bonds. The second-order valence-electron chi connectivity index (χ2n) is 1.80. The van der Waals surface area contributed by atoms with Crippen LogP contribution in [0.2, 0.25) is 0 Å². The van der Waals surface area contributed by atoms with Crippen molar-refractivity contribution in [1.29, 1.82) is 0 Å². The Morgan fingerprint density at radius 1 is 1.30 bits per heavy atom. The highest BCUT2D eigenvalue weighted by Crippen LogP contribution is 1.58. The van der Waals surface area contributed by atoms with Gasteiger partial charge in [-0.15, -0.1) is 0 Å². The Labute approximate surface area is 63.1 Å². The van der Waals surface area contributed by atoms with Gasteiger partial charge in [-0.05, 0) is 6.04 Å². The minimum absolute atomic E-state index is 0.333. The summed E-state index contributed by atoms with van der Waals surface area (Å²) < 4.78 is 0. The molecule has 0 saturated carbocycles. The summed E-state index contributed by atoms with van der Waals surface area (Å²) in [5.74, 6) is 12.8. The van der Waals surface area contributed by atoms with E-state index in [-0.39, 0.29) is 0 Å². The molecule has 0 spiro atoms. The van der Waals surface area contributed by atoms with Gasteiger partial charge < -0.3 is 5.73 Å². The average molecular weight is 151 g/mol. The topological polar surface area (TPSA) is 116 Å². The number of hydrazine groups is 2. The summed E-state index contributed by atoms with van der Waals surface area (Å²) in [6, 6.07) is 0.333. The molecule has 10 heavy (non-hydrogen) atoms. The fraction of sp³-hybridized carbons (Fsp3) is 1.00. The number of hydrogen-bond donors (Lipinski definition) is 5. The Bertz CT molecular complexity index is 26.5. The second-order valence-corrected chi connectivity index (χ2v) is 1.80. The molecule has 0 heterocycles. The van der Waals surface area contributed by atoms with Crippen LogP contribution in [0.4, 0.5) is 0 Å². The third kappa shape index (κ3) is 564. The molecular weight excluding hydrogens is 130 g/mol. The van der Waals surface area contributed by atoms with Crippen molar-refractivity contribution in [2.24, 2.45) is 23.3 Å². The molecule has 0 aromatic rings. The SMILES string of the molecule is CC(C)N.CCNN.NN. The van der Waals surface area contributed by atoms with Gasteiger partial charge in [0.15, 0.2) is 0 Å². The van der Waals surface area contributed by atoms with Crippen LogP contribution in [0.3, 0.4) is 0 Å². The Hall–Kier alpha value is -0.200. The molecule has 66 valence electrons. The predicted molar refractivity (Wildman–Crippen MR) is 45.6 cm³/mol. The molecule has 5 heteroatoms. The predicted octanol–water partition coefficient (Wildman–Crippen LogP) is -1.36. The van der Waals surface area contributed by atoms with Crippen molar-refractivity contribution >= 4 is 0 Å². The second kappa shape index (κ2) is 23.2. The molecule has 0 aliphatic heterocycles. The molecule has 5 nitrogen and oxygen atoms in total. The summed E-state index contributed by atoms with van der Waals surface area (Å²) in [6.07, 6.45) is 0. The lowest BCUT2D eigenvalue weighted by atomic mass is 10.5. The molecule has 9 N–H and O–H groups in total. The maximum atomic E-state index is 5.11. The van der Waals surface area contributed by atoms with Gasteiger partial charge in [0.2, 0.25) is 0 Å². The van der Waals surface area contributed by atoms with Gasteiger partial charge in [0.05, 0.1) is 0 Å². The van der Waals surface area contributed by atoms with E-state index in [1.807, 2.05) is 20.8 Å². The van der Waals surface area contributed by atoms with Gasteiger partial charge in [0.1, 0.15) is 0 Å². The van der Waals surface area contributed by atoms with Gasteiger partial charge in [-0.2, -0.15) is 0 Å².